The van der Waals surface area contributed by atoms with Crippen molar-refractivity contribution < 1.29 is 18.7 Å². The minimum absolute atomic E-state index is 0.220. The topological polar surface area (TPSA) is 80.6 Å². The molecule has 0 spiro atoms. The minimum atomic E-state index is -0.529. The van der Waals surface area contributed by atoms with E-state index in [0.29, 0.717) is 16.9 Å². The fourth-order valence-electron chi connectivity index (χ4n) is 1.82. The van der Waals surface area contributed by atoms with Gasteiger partial charge in [-0.25, -0.2) is 4.79 Å². The first-order valence-corrected chi connectivity index (χ1v) is 8.15. The quantitative estimate of drug-likeness (QED) is 0.808. The number of alkyl carbamates (subject to hydrolysis) is 1. The standard InChI is InChI=1S/C17H19BrN2O4/c1-17(2,3)24-16(22)19-10-11-4-6-12(7-5-11)20-15(21)13-8-9-14(18)23-13/h4-9H,10H2,1-3H3,(H,19,22)(H,20,21). The number of ether oxygens (including phenoxy) is 1. The Morgan fingerprint density at radius 2 is 1.79 bits per heavy atom. The van der Waals surface area contributed by atoms with Gasteiger partial charge in [-0.2, -0.15) is 0 Å². The molecule has 7 heteroatoms. The summed E-state index contributed by atoms with van der Waals surface area (Å²) in [6.45, 7) is 5.76. The lowest BCUT2D eigenvalue weighted by Crippen LogP contribution is -2.32. The van der Waals surface area contributed by atoms with Gasteiger partial charge in [-0.3, -0.25) is 4.79 Å². The normalized spacial score (nSPS) is 11.0. The van der Waals surface area contributed by atoms with Gasteiger partial charge in [-0.05, 0) is 66.5 Å². The highest BCUT2D eigenvalue weighted by Gasteiger charge is 2.15. The average molecular weight is 395 g/mol. The van der Waals surface area contributed by atoms with Crippen molar-refractivity contribution in [2.75, 3.05) is 5.32 Å². The van der Waals surface area contributed by atoms with E-state index < -0.39 is 11.7 Å². The molecule has 0 unspecified atom stereocenters. The summed E-state index contributed by atoms with van der Waals surface area (Å²) < 4.78 is 10.9. The van der Waals surface area contributed by atoms with E-state index in [1.54, 1.807) is 24.3 Å². The summed E-state index contributed by atoms with van der Waals surface area (Å²) in [6.07, 6.45) is -0.469. The Hall–Kier alpha value is -2.28. The van der Waals surface area contributed by atoms with Gasteiger partial charge >= 0.3 is 6.09 Å². The van der Waals surface area contributed by atoms with Crippen LogP contribution in [0, 0.1) is 0 Å². The van der Waals surface area contributed by atoms with Crippen LogP contribution >= 0.6 is 15.9 Å². The molecule has 2 aromatic rings. The van der Waals surface area contributed by atoms with Crippen molar-refractivity contribution in [2.24, 2.45) is 0 Å². The monoisotopic (exact) mass is 394 g/mol. The van der Waals surface area contributed by atoms with Crippen LogP contribution in [-0.2, 0) is 11.3 Å². The van der Waals surface area contributed by atoms with Gasteiger partial charge in [-0.15, -0.1) is 0 Å². The van der Waals surface area contributed by atoms with Crippen molar-refractivity contribution in [3.8, 4) is 0 Å². The molecule has 0 saturated heterocycles. The maximum absolute atomic E-state index is 12.0. The molecule has 0 saturated carbocycles. The molecule has 0 atom stereocenters. The molecule has 0 fully saturated rings. The van der Waals surface area contributed by atoms with Crippen molar-refractivity contribution in [1.82, 2.24) is 5.32 Å². The molecule has 0 radical (unpaired) electrons. The van der Waals surface area contributed by atoms with Gasteiger partial charge in [0.2, 0.25) is 0 Å². The Balaban J connectivity index is 1.86. The van der Waals surface area contributed by atoms with Gasteiger partial charge in [0, 0.05) is 12.2 Å². The summed E-state index contributed by atoms with van der Waals surface area (Å²) in [5, 5.41) is 5.40. The highest BCUT2D eigenvalue weighted by atomic mass is 79.9. The zero-order valence-corrected chi connectivity index (χ0v) is 15.3. The van der Waals surface area contributed by atoms with Crippen molar-refractivity contribution >= 4 is 33.6 Å². The number of anilines is 1. The number of hydrogen-bond acceptors (Lipinski definition) is 4. The lowest BCUT2D eigenvalue weighted by Gasteiger charge is -2.19. The summed E-state index contributed by atoms with van der Waals surface area (Å²) in [7, 11) is 0. The van der Waals surface area contributed by atoms with E-state index in [1.165, 1.54) is 0 Å². The number of carbonyl (C=O) groups excluding carboxylic acids is 2. The van der Waals surface area contributed by atoms with E-state index in [1.807, 2.05) is 32.9 Å². The van der Waals surface area contributed by atoms with E-state index in [4.69, 9.17) is 9.15 Å². The zero-order chi connectivity index (χ0) is 17.7. The molecule has 0 bridgehead atoms. The zero-order valence-electron chi connectivity index (χ0n) is 13.7. The van der Waals surface area contributed by atoms with Gasteiger partial charge < -0.3 is 19.8 Å². The summed E-state index contributed by atoms with van der Waals surface area (Å²) >= 11 is 3.15. The Morgan fingerprint density at radius 3 is 2.33 bits per heavy atom. The van der Waals surface area contributed by atoms with Crippen molar-refractivity contribution in [1.29, 1.82) is 0 Å². The van der Waals surface area contributed by atoms with E-state index >= 15 is 0 Å². The molecule has 2 amide bonds. The van der Waals surface area contributed by atoms with Crippen molar-refractivity contribution in [3.05, 3.63) is 52.4 Å². The lowest BCUT2D eigenvalue weighted by atomic mass is 10.2. The second-order valence-electron chi connectivity index (χ2n) is 6.11. The Bertz CT molecular complexity index is 717. The maximum Gasteiger partial charge on any atom is 0.407 e. The highest BCUT2D eigenvalue weighted by molar-refractivity contribution is 9.10. The molecule has 1 aromatic heterocycles. The number of benzene rings is 1. The maximum atomic E-state index is 12.0. The Morgan fingerprint density at radius 1 is 1.12 bits per heavy atom. The van der Waals surface area contributed by atoms with Gasteiger partial charge in [0.25, 0.3) is 5.91 Å². The summed E-state index contributed by atoms with van der Waals surface area (Å²) in [6, 6.07) is 10.4. The third-order valence-corrected chi connectivity index (χ3v) is 3.27. The summed E-state index contributed by atoms with van der Waals surface area (Å²) in [5.74, 6) is -0.113. The van der Waals surface area contributed by atoms with Gasteiger partial charge in [0.15, 0.2) is 10.4 Å². The number of hydrogen-bond donors (Lipinski definition) is 2. The largest absolute Gasteiger partial charge is 0.444 e. The van der Waals surface area contributed by atoms with E-state index in [9.17, 15) is 9.59 Å². The fraction of sp³-hybridized carbons (Fsp3) is 0.294. The van der Waals surface area contributed by atoms with E-state index in [-0.39, 0.29) is 11.7 Å². The van der Waals surface area contributed by atoms with E-state index in [0.717, 1.165) is 5.56 Å². The molecule has 0 aliphatic carbocycles. The van der Waals surface area contributed by atoms with Gasteiger partial charge in [-0.1, -0.05) is 12.1 Å². The second-order valence-corrected chi connectivity index (χ2v) is 6.89. The van der Waals surface area contributed by atoms with E-state index in [2.05, 4.69) is 26.6 Å². The molecule has 6 nitrogen and oxygen atoms in total. The Labute approximate surface area is 148 Å². The predicted molar refractivity (Wildman–Crippen MR) is 93.9 cm³/mol. The molecular weight excluding hydrogens is 376 g/mol. The summed E-state index contributed by atoms with van der Waals surface area (Å²) in [5.41, 5.74) is 0.993. The van der Waals surface area contributed by atoms with Crippen molar-refractivity contribution in [3.63, 3.8) is 0 Å². The summed E-state index contributed by atoms with van der Waals surface area (Å²) in [4.78, 5) is 23.6. The molecule has 128 valence electrons. The number of amides is 2. The predicted octanol–water partition coefficient (Wildman–Crippen LogP) is 4.32. The molecule has 2 N–H and O–H groups in total. The first kappa shape index (κ1) is 18.1. The van der Waals surface area contributed by atoms with Gasteiger partial charge in [0.1, 0.15) is 5.60 Å². The average Bonchev–Trinajstić information content (AvgIpc) is 2.91. The van der Waals surface area contributed by atoms with Crippen LogP contribution in [0.3, 0.4) is 0 Å². The number of furan rings is 1. The molecule has 2 rings (SSSR count). The highest BCUT2D eigenvalue weighted by Crippen LogP contribution is 2.16. The van der Waals surface area contributed by atoms with Crippen LogP contribution < -0.4 is 10.6 Å². The smallest absolute Gasteiger partial charge is 0.407 e. The number of halogens is 1. The minimum Gasteiger partial charge on any atom is -0.444 e. The van der Waals surface area contributed by atoms with Crippen LogP contribution in [0.4, 0.5) is 10.5 Å². The number of carbonyl (C=O) groups is 2. The third kappa shape index (κ3) is 5.73. The van der Waals surface area contributed by atoms with Gasteiger partial charge in [0.05, 0.1) is 0 Å². The molecule has 24 heavy (non-hydrogen) atoms. The van der Waals surface area contributed by atoms with Crippen LogP contribution in [0.2, 0.25) is 0 Å². The first-order chi connectivity index (χ1) is 11.2. The molecular formula is C17H19BrN2O4. The van der Waals surface area contributed by atoms with Crippen LogP contribution in [0.5, 0.6) is 0 Å². The molecule has 1 aromatic carbocycles. The lowest BCUT2D eigenvalue weighted by molar-refractivity contribution is 0.0523. The fourth-order valence-corrected chi connectivity index (χ4v) is 2.13. The molecule has 1 heterocycles. The SMILES string of the molecule is CC(C)(C)OC(=O)NCc1ccc(NC(=O)c2ccc(Br)o2)cc1. The van der Waals surface area contributed by atoms with Crippen LogP contribution in [0.1, 0.15) is 36.9 Å². The second kappa shape index (κ2) is 7.53. The first-order valence-electron chi connectivity index (χ1n) is 7.35. The number of nitrogens with one attached hydrogen (secondary N) is 2. The molecule has 0 aliphatic rings. The van der Waals surface area contributed by atoms with Crippen LogP contribution in [-0.4, -0.2) is 17.6 Å². The number of rotatable bonds is 4. The van der Waals surface area contributed by atoms with Crippen molar-refractivity contribution in [2.45, 2.75) is 32.9 Å². The van der Waals surface area contributed by atoms with Crippen LogP contribution in [0.15, 0.2) is 45.5 Å². The Kier molecular flexibility index (Phi) is 5.66. The third-order valence-electron chi connectivity index (χ3n) is 2.84. The van der Waals surface area contributed by atoms with Crippen LogP contribution in [0.25, 0.3) is 0 Å². The molecule has 0 aliphatic heterocycles.